The normalized spacial score (nSPS) is 16.3. The molecule has 0 aliphatic carbocycles. The number of carbonyl (C=O) groups is 2. The van der Waals surface area contributed by atoms with E-state index in [1.165, 1.54) is 6.92 Å². The molecule has 1 aliphatic rings. The van der Waals surface area contributed by atoms with Crippen molar-refractivity contribution in [2.45, 2.75) is 19.8 Å². The molecule has 1 fully saturated rings. The van der Waals surface area contributed by atoms with E-state index in [0.717, 1.165) is 25.9 Å². The van der Waals surface area contributed by atoms with Crippen LogP contribution in [0.5, 0.6) is 0 Å². The van der Waals surface area contributed by atoms with Crippen molar-refractivity contribution in [1.82, 2.24) is 5.32 Å². The Hall–Kier alpha value is -1.68. The number of ketones is 1. The number of anilines is 1. The van der Waals surface area contributed by atoms with E-state index in [1.807, 2.05) is 6.07 Å². The summed E-state index contributed by atoms with van der Waals surface area (Å²) >= 11 is 0. The minimum absolute atomic E-state index is 0.00738. The van der Waals surface area contributed by atoms with Crippen LogP contribution < -0.4 is 10.6 Å². The van der Waals surface area contributed by atoms with Gasteiger partial charge in [-0.1, -0.05) is 12.1 Å². The topological polar surface area (TPSA) is 58.2 Å². The smallest absolute Gasteiger partial charge is 0.227 e. The van der Waals surface area contributed by atoms with Crippen LogP contribution in [0.25, 0.3) is 0 Å². The lowest BCUT2D eigenvalue weighted by atomic mass is 9.97. The zero-order valence-electron chi connectivity index (χ0n) is 10.5. The number of rotatable bonds is 3. The van der Waals surface area contributed by atoms with Gasteiger partial charge >= 0.3 is 0 Å². The summed E-state index contributed by atoms with van der Waals surface area (Å²) in [5.41, 5.74) is 1.32. The molecule has 1 aliphatic heterocycles. The highest BCUT2D eigenvalue weighted by Gasteiger charge is 2.20. The van der Waals surface area contributed by atoms with Crippen LogP contribution in [-0.4, -0.2) is 24.8 Å². The molecule has 0 radical (unpaired) electrons. The minimum atomic E-state index is 0.00738. The van der Waals surface area contributed by atoms with E-state index < -0.39 is 0 Å². The van der Waals surface area contributed by atoms with E-state index in [1.54, 1.807) is 18.2 Å². The van der Waals surface area contributed by atoms with Crippen molar-refractivity contribution < 1.29 is 9.59 Å². The summed E-state index contributed by atoms with van der Waals surface area (Å²) in [5.74, 6) is 0.136. The molecular formula is C14H18N2O2. The summed E-state index contributed by atoms with van der Waals surface area (Å²) in [6, 6.07) is 7.07. The molecule has 2 rings (SSSR count). The Morgan fingerprint density at radius 2 is 2.00 bits per heavy atom. The number of amides is 1. The van der Waals surface area contributed by atoms with Crippen LogP contribution in [0, 0.1) is 5.92 Å². The third-order valence-electron chi connectivity index (χ3n) is 3.25. The van der Waals surface area contributed by atoms with Crippen LogP contribution in [0.1, 0.15) is 30.1 Å². The van der Waals surface area contributed by atoms with E-state index >= 15 is 0 Å². The van der Waals surface area contributed by atoms with Crippen molar-refractivity contribution in [3.05, 3.63) is 29.8 Å². The van der Waals surface area contributed by atoms with Crippen molar-refractivity contribution in [1.29, 1.82) is 0 Å². The average molecular weight is 246 g/mol. The molecule has 18 heavy (non-hydrogen) atoms. The maximum Gasteiger partial charge on any atom is 0.227 e. The van der Waals surface area contributed by atoms with Crippen molar-refractivity contribution in [3.63, 3.8) is 0 Å². The Labute approximate surface area is 107 Å². The number of hydrogen-bond donors (Lipinski definition) is 2. The highest BCUT2D eigenvalue weighted by Crippen LogP contribution is 2.16. The molecule has 0 atom stereocenters. The quantitative estimate of drug-likeness (QED) is 0.800. The van der Waals surface area contributed by atoms with Crippen LogP contribution in [-0.2, 0) is 4.79 Å². The Morgan fingerprint density at radius 1 is 1.28 bits per heavy atom. The van der Waals surface area contributed by atoms with Gasteiger partial charge in [0.15, 0.2) is 5.78 Å². The van der Waals surface area contributed by atoms with Crippen LogP contribution in [0.2, 0.25) is 0 Å². The van der Waals surface area contributed by atoms with Crippen LogP contribution in [0.15, 0.2) is 24.3 Å². The van der Waals surface area contributed by atoms with Gasteiger partial charge in [0.1, 0.15) is 0 Å². The molecule has 96 valence electrons. The first kappa shape index (κ1) is 12.8. The molecule has 1 amide bonds. The fourth-order valence-corrected chi connectivity index (χ4v) is 2.14. The lowest BCUT2D eigenvalue weighted by Gasteiger charge is -2.21. The number of carbonyl (C=O) groups excluding carboxylic acids is 2. The molecule has 1 heterocycles. The van der Waals surface area contributed by atoms with E-state index in [4.69, 9.17) is 0 Å². The minimum Gasteiger partial charge on any atom is -0.326 e. The molecular weight excluding hydrogens is 228 g/mol. The molecule has 4 nitrogen and oxygen atoms in total. The number of hydrogen-bond acceptors (Lipinski definition) is 3. The van der Waals surface area contributed by atoms with Gasteiger partial charge in [-0.3, -0.25) is 9.59 Å². The van der Waals surface area contributed by atoms with E-state index in [-0.39, 0.29) is 17.6 Å². The third kappa shape index (κ3) is 3.17. The Kier molecular flexibility index (Phi) is 4.10. The van der Waals surface area contributed by atoms with Crippen LogP contribution >= 0.6 is 0 Å². The van der Waals surface area contributed by atoms with E-state index in [2.05, 4.69) is 10.6 Å². The maximum atomic E-state index is 12.0. The second-order valence-electron chi connectivity index (χ2n) is 4.65. The highest BCUT2D eigenvalue weighted by atomic mass is 16.2. The van der Waals surface area contributed by atoms with Gasteiger partial charge in [-0.15, -0.1) is 0 Å². The molecule has 4 heteroatoms. The SMILES string of the molecule is CC(=O)c1cccc(NC(=O)C2CCNCC2)c1. The van der Waals surface area contributed by atoms with Crippen molar-refractivity contribution >= 4 is 17.4 Å². The molecule has 0 unspecified atom stereocenters. The Morgan fingerprint density at radius 3 is 2.67 bits per heavy atom. The van der Waals surface area contributed by atoms with Gasteiger partial charge in [-0.05, 0) is 45.0 Å². The zero-order chi connectivity index (χ0) is 13.0. The summed E-state index contributed by atoms with van der Waals surface area (Å²) in [4.78, 5) is 23.3. The molecule has 1 saturated heterocycles. The first-order valence-corrected chi connectivity index (χ1v) is 6.29. The van der Waals surface area contributed by atoms with Gasteiger partial charge in [-0.2, -0.15) is 0 Å². The molecule has 0 aromatic heterocycles. The van der Waals surface area contributed by atoms with Gasteiger partial charge in [-0.25, -0.2) is 0 Å². The lowest BCUT2D eigenvalue weighted by molar-refractivity contribution is -0.120. The standard InChI is InChI=1S/C14H18N2O2/c1-10(17)12-3-2-4-13(9-12)16-14(18)11-5-7-15-8-6-11/h2-4,9,11,15H,5-8H2,1H3,(H,16,18). The molecule has 1 aromatic rings. The van der Waals surface area contributed by atoms with Gasteiger partial charge < -0.3 is 10.6 Å². The van der Waals surface area contributed by atoms with Crippen LogP contribution in [0.4, 0.5) is 5.69 Å². The van der Waals surface area contributed by atoms with Gasteiger partial charge in [0, 0.05) is 17.2 Å². The highest BCUT2D eigenvalue weighted by molar-refractivity contribution is 5.97. The summed E-state index contributed by atoms with van der Waals surface area (Å²) < 4.78 is 0. The largest absolute Gasteiger partial charge is 0.326 e. The second-order valence-corrected chi connectivity index (χ2v) is 4.65. The average Bonchev–Trinajstić information content (AvgIpc) is 2.40. The lowest BCUT2D eigenvalue weighted by Crippen LogP contribution is -2.34. The third-order valence-corrected chi connectivity index (χ3v) is 3.25. The van der Waals surface area contributed by atoms with Crippen molar-refractivity contribution in [2.75, 3.05) is 18.4 Å². The first-order chi connectivity index (χ1) is 8.66. The van der Waals surface area contributed by atoms with Gasteiger partial charge in [0.05, 0.1) is 0 Å². The van der Waals surface area contributed by atoms with Crippen molar-refractivity contribution in [2.24, 2.45) is 5.92 Å². The summed E-state index contributed by atoms with van der Waals surface area (Å²) in [5, 5.41) is 6.12. The predicted octanol–water partition coefficient (Wildman–Crippen LogP) is 1.83. The molecule has 1 aromatic carbocycles. The number of nitrogens with one attached hydrogen (secondary N) is 2. The number of benzene rings is 1. The summed E-state index contributed by atoms with van der Waals surface area (Å²) in [6.45, 7) is 3.31. The van der Waals surface area contributed by atoms with Gasteiger partial charge in [0.2, 0.25) is 5.91 Å². The fourth-order valence-electron chi connectivity index (χ4n) is 2.14. The van der Waals surface area contributed by atoms with Gasteiger partial charge in [0.25, 0.3) is 0 Å². The monoisotopic (exact) mass is 246 g/mol. The second kappa shape index (κ2) is 5.78. The first-order valence-electron chi connectivity index (χ1n) is 6.29. The van der Waals surface area contributed by atoms with Crippen LogP contribution in [0.3, 0.4) is 0 Å². The fraction of sp³-hybridized carbons (Fsp3) is 0.429. The zero-order valence-corrected chi connectivity index (χ0v) is 10.5. The summed E-state index contributed by atoms with van der Waals surface area (Å²) in [7, 11) is 0. The predicted molar refractivity (Wildman–Crippen MR) is 70.7 cm³/mol. The number of piperidine rings is 1. The molecule has 2 N–H and O–H groups in total. The Bertz CT molecular complexity index is 451. The maximum absolute atomic E-state index is 12.0. The van der Waals surface area contributed by atoms with E-state index in [9.17, 15) is 9.59 Å². The molecule has 0 bridgehead atoms. The molecule has 0 saturated carbocycles. The Balaban J connectivity index is 2.02. The summed E-state index contributed by atoms with van der Waals surface area (Å²) in [6.07, 6.45) is 1.75. The van der Waals surface area contributed by atoms with Crippen molar-refractivity contribution in [3.8, 4) is 0 Å². The van der Waals surface area contributed by atoms with E-state index in [0.29, 0.717) is 11.3 Å². The molecule has 0 spiro atoms. The number of Topliss-reactive ketones (excluding diaryl/α,β-unsaturated/α-hetero) is 1.